The van der Waals surface area contributed by atoms with Crippen LogP contribution in [-0.2, 0) is 16.1 Å². The summed E-state index contributed by atoms with van der Waals surface area (Å²) < 4.78 is 5.43. The molecule has 0 spiro atoms. The van der Waals surface area contributed by atoms with Crippen molar-refractivity contribution >= 4 is 11.8 Å². The Morgan fingerprint density at radius 1 is 1.59 bits per heavy atom. The summed E-state index contributed by atoms with van der Waals surface area (Å²) in [5, 5.41) is 2.58. The summed E-state index contributed by atoms with van der Waals surface area (Å²) in [7, 11) is 1.58. The standard InChI is InChI=1S/C12H16N2O3/c1-8-3-4-9(17-8)7-14-10(12(16)13-2)5-6-11(14)15/h3-4,10H,5-7H2,1-2H3,(H,13,16)/t10-/m0/s1. The number of nitrogens with one attached hydrogen (secondary N) is 1. The van der Waals surface area contributed by atoms with Gasteiger partial charge in [0, 0.05) is 13.5 Å². The normalized spacial score (nSPS) is 19.8. The van der Waals surface area contributed by atoms with Gasteiger partial charge in [-0.15, -0.1) is 0 Å². The van der Waals surface area contributed by atoms with Crippen molar-refractivity contribution in [3.8, 4) is 0 Å². The minimum Gasteiger partial charge on any atom is -0.464 e. The van der Waals surface area contributed by atoms with Gasteiger partial charge in [0.05, 0.1) is 6.54 Å². The Bertz CT molecular complexity index is 439. The van der Waals surface area contributed by atoms with E-state index in [9.17, 15) is 9.59 Å². The number of likely N-dealkylation sites (N-methyl/N-ethyl adjacent to an activating group) is 1. The Kier molecular flexibility index (Phi) is 3.17. The average molecular weight is 236 g/mol. The second kappa shape index (κ2) is 4.61. The lowest BCUT2D eigenvalue weighted by Gasteiger charge is -2.22. The first-order valence-electron chi connectivity index (χ1n) is 5.68. The van der Waals surface area contributed by atoms with Crippen LogP contribution in [0.15, 0.2) is 16.5 Å². The summed E-state index contributed by atoms with van der Waals surface area (Å²) in [5.41, 5.74) is 0. The molecule has 0 unspecified atom stereocenters. The van der Waals surface area contributed by atoms with E-state index in [0.29, 0.717) is 25.1 Å². The zero-order chi connectivity index (χ0) is 12.4. The van der Waals surface area contributed by atoms with E-state index in [-0.39, 0.29) is 17.9 Å². The number of nitrogens with zero attached hydrogens (tertiary/aromatic N) is 1. The van der Waals surface area contributed by atoms with Crippen molar-refractivity contribution in [1.29, 1.82) is 0 Å². The van der Waals surface area contributed by atoms with Crippen LogP contribution in [0.5, 0.6) is 0 Å². The van der Waals surface area contributed by atoms with E-state index >= 15 is 0 Å². The third-order valence-electron chi connectivity index (χ3n) is 3.00. The van der Waals surface area contributed by atoms with Gasteiger partial charge in [0.15, 0.2) is 0 Å². The summed E-state index contributed by atoms with van der Waals surface area (Å²) in [6, 6.07) is 3.32. The maximum absolute atomic E-state index is 11.7. The number of rotatable bonds is 3. The Hall–Kier alpha value is -1.78. The van der Waals surface area contributed by atoms with Crippen molar-refractivity contribution in [1.82, 2.24) is 10.2 Å². The van der Waals surface area contributed by atoms with Gasteiger partial charge in [-0.1, -0.05) is 0 Å². The quantitative estimate of drug-likeness (QED) is 0.845. The lowest BCUT2D eigenvalue weighted by Crippen LogP contribution is -2.43. The number of hydrogen-bond donors (Lipinski definition) is 1. The van der Waals surface area contributed by atoms with Crippen molar-refractivity contribution in [2.24, 2.45) is 0 Å². The fourth-order valence-electron chi connectivity index (χ4n) is 2.11. The number of hydrogen-bond acceptors (Lipinski definition) is 3. The highest BCUT2D eigenvalue weighted by Crippen LogP contribution is 2.22. The van der Waals surface area contributed by atoms with Crippen LogP contribution in [0.1, 0.15) is 24.4 Å². The second-order valence-electron chi connectivity index (χ2n) is 4.20. The van der Waals surface area contributed by atoms with Gasteiger partial charge in [-0.05, 0) is 25.5 Å². The van der Waals surface area contributed by atoms with Crippen LogP contribution in [0.2, 0.25) is 0 Å². The van der Waals surface area contributed by atoms with E-state index in [0.717, 1.165) is 5.76 Å². The highest BCUT2D eigenvalue weighted by Gasteiger charge is 2.35. The molecule has 0 radical (unpaired) electrons. The van der Waals surface area contributed by atoms with E-state index in [2.05, 4.69) is 5.32 Å². The molecular weight excluding hydrogens is 220 g/mol. The molecule has 92 valence electrons. The molecule has 2 rings (SSSR count). The molecule has 0 bridgehead atoms. The van der Waals surface area contributed by atoms with Crippen molar-refractivity contribution in [2.45, 2.75) is 32.4 Å². The predicted molar refractivity (Wildman–Crippen MR) is 61.1 cm³/mol. The molecule has 1 aromatic heterocycles. The minimum atomic E-state index is -0.363. The number of carbonyl (C=O) groups excluding carboxylic acids is 2. The molecule has 5 heteroatoms. The highest BCUT2D eigenvalue weighted by atomic mass is 16.3. The number of likely N-dealkylation sites (tertiary alicyclic amines) is 1. The van der Waals surface area contributed by atoms with Crippen molar-refractivity contribution < 1.29 is 14.0 Å². The maximum Gasteiger partial charge on any atom is 0.242 e. The van der Waals surface area contributed by atoms with E-state index in [1.165, 1.54) is 0 Å². The second-order valence-corrected chi connectivity index (χ2v) is 4.20. The summed E-state index contributed by atoms with van der Waals surface area (Å²) in [6.45, 7) is 2.22. The van der Waals surface area contributed by atoms with Crippen LogP contribution in [-0.4, -0.2) is 29.8 Å². The smallest absolute Gasteiger partial charge is 0.242 e. The molecule has 1 aromatic rings. The van der Waals surface area contributed by atoms with Crippen LogP contribution < -0.4 is 5.32 Å². The summed E-state index contributed by atoms with van der Waals surface area (Å²) in [5.74, 6) is 1.42. The van der Waals surface area contributed by atoms with Gasteiger partial charge < -0.3 is 14.6 Å². The molecule has 1 aliphatic rings. The van der Waals surface area contributed by atoms with Crippen LogP contribution in [0, 0.1) is 6.92 Å². The van der Waals surface area contributed by atoms with Gasteiger partial charge in [0.2, 0.25) is 11.8 Å². The molecular formula is C12H16N2O3. The molecule has 1 N–H and O–H groups in total. The zero-order valence-corrected chi connectivity index (χ0v) is 10.0. The molecule has 1 fully saturated rings. The number of amides is 2. The maximum atomic E-state index is 11.7. The topological polar surface area (TPSA) is 62.6 Å². The van der Waals surface area contributed by atoms with E-state index in [1.54, 1.807) is 11.9 Å². The fourth-order valence-corrected chi connectivity index (χ4v) is 2.11. The molecule has 2 heterocycles. The molecule has 1 atom stereocenters. The Balaban J connectivity index is 2.11. The predicted octanol–water partition coefficient (Wildman–Crippen LogP) is 0.825. The van der Waals surface area contributed by atoms with Gasteiger partial charge in [-0.2, -0.15) is 0 Å². The van der Waals surface area contributed by atoms with Crippen LogP contribution in [0.3, 0.4) is 0 Å². The van der Waals surface area contributed by atoms with Crippen molar-refractivity contribution in [3.05, 3.63) is 23.7 Å². The monoisotopic (exact) mass is 236 g/mol. The highest BCUT2D eigenvalue weighted by molar-refractivity contribution is 5.90. The van der Waals surface area contributed by atoms with Crippen molar-refractivity contribution in [3.63, 3.8) is 0 Å². The van der Waals surface area contributed by atoms with Gasteiger partial charge in [-0.25, -0.2) is 0 Å². The minimum absolute atomic E-state index is 0.00709. The average Bonchev–Trinajstić information content (AvgIpc) is 2.87. The molecule has 1 aliphatic heterocycles. The fraction of sp³-hybridized carbons (Fsp3) is 0.500. The zero-order valence-electron chi connectivity index (χ0n) is 10.0. The first kappa shape index (κ1) is 11.7. The third-order valence-corrected chi connectivity index (χ3v) is 3.00. The van der Waals surface area contributed by atoms with Gasteiger partial charge in [-0.3, -0.25) is 9.59 Å². The van der Waals surface area contributed by atoms with Crippen LogP contribution >= 0.6 is 0 Å². The molecule has 2 amide bonds. The van der Waals surface area contributed by atoms with Crippen LogP contribution in [0.4, 0.5) is 0 Å². The molecule has 5 nitrogen and oxygen atoms in total. The summed E-state index contributed by atoms with van der Waals surface area (Å²) in [6.07, 6.45) is 1.01. The summed E-state index contributed by atoms with van der Waals surface area (Å²) in [4.78, 5) is 24.9. The lowest BCUT2D eigenvalue weighted by atomic mass is 10.2. The van der Waals surface area contributed by atoms with Crippen LogP contribution in [0.25, 0.3) is 0 Å². The van der Waals surface area contributed by atoms with Gasteiger partial charge >= 0.3 is 0 Å². The van der Waals surface area contributed by atoms with Crippen molar-refractivity contribution in [2.75, 3.05) is 7.05 Å². The van der Waals surface area contributed by atoms with E-state index in [1.807, 2.05) is 19.1 Å². The SMILES string of the molecule is CNC(=O)[C@@H]1CCC(=O)N1Cc1ccc(C)o1. The molecule has 0 aromatic carbocycles. The molecule has 0 saturated carbocycles. The lowest BCUT2D eigenvalue weighted by molar-refractivity contribution is -0.135. The molecule has 1 saturated heterocycles. The van der Waals surface area contributed by atoms with E-state index < -0.39 is 0 Å². The molecule has 17 heavy (non-hydrogen) atoms. The first-order valence-corrected chi connectivity index (χ1v) is 5.68. The Morgan fingerprint density at radius 3 is 2.94 bits per heavy atom. The van der Waals surface area contributed by atoms with Gasteiger partial charge in [0.25, 0.3) is 0 Å². The summed E-state index contributed by atoms with van der Waals surface area (Å²) >= 11 is 0. The van der Waals surface area contributed by atoms with E-state index in [4.69, 9.17) is 4.42 Å². The Labute approximate surface area is 99.8 Å². The number of aryl methyl sites for hydroxylation is 1. The first-order chi connectivity index (χ1) is 8.11. The third kappa shape index (κ3) is 2.33. The number of carbonyl (C=O) groups is 2. The Morgan fingerprint density at radius 2 is 2.35 bits per heavy atom. The largest absolute Gasteiger partial charge is 0.464 e. The number of furan rings is 1. The molecule has 0 aliphatic carbocycles. The van der Waals surface area contributed by atoms with Gasteiger partial charge in [0.1, 0.15) is 17.6 Å².